The molecule has 31 heavy (non-hydrogen) atoms. The van der Waals surface area contributed by atoms with Gasteiger partial charge in [0.15, 0.2) is 0 Å². The van der Waals surface area contributed by atoms with Crippen molar-refractivity contribution in [1.82, 2.24) is 0 Å². The number of hydrogen-bond donors (Lipinski definition) is 0. The lowest BCUT2D eigenvalue weighted by Crippen LogP contribution is -2.22. The summed E-state index contributed by atoms with van der Waals surface area (Å²) >= 11 is 0. The summed E-state index contributed by atoms with van der Waals surface area (Å²) in [5.41, 5.74) is 2.88. The molecule has 162 valence electrons. The van der Waals surface area contributed by atoms with Crippen molar-refractivity contribution < 1.29 is 18.3 Å². The summed E-state index contributed by atoms with van der Waals surface area (Å²) in [6.45, 7) is 12.1. The van der Waals surface area contributed by atoms with E-state index in [4.69, 9.17) is 4.74 Å². The van der Waals surface area contributed by atoms with Crippen LogP contribution >= 0.6 is 0 Å². The Morgan fingerprint density at radius 3 is 2.42 bits per heavy atom. The average molecular weight is 423 g/mol. The lowest BCUT2D eigenvalue weighted by atomic mass is 9.69. The highest BCUT2D eigenvalue weighted by Crippen LogP contribution is 2.46. The third kappa shape index (κ3) is 4.84. The van der Waals surface area contributed by atoms with E-state index in [0.29, 0.717) is 16.9 Å². The van der Waals surface area contributed by atoms with Gasteiger partial charge in [0.2, 0.25) is 0 Å². The monoisotopic (exact) mass is 422 g/mol. The number of allylic oxidation sites excluding steroid dienone is 4. The molecule has 1 aliphatic carbocycles. The van der Waals surface area contributed by atoms with E-state index in [-0.39, 0.29) is 16.5 Å². The van der Waals surface area contributed by atoms with Crippen molar-refractivity contribution in [3.63, 3.8) is 0 Å². The van der Waals surface area contributed by atoms with Gasteiger partial charge in [0.25, 0.3) is 0 Å². The second-order valence-electron chi connectivity index (χ2n) is 8.71. The van der Waals surface area contributed by atoms with Crippen molar-refractivity contribution in [3.8, 4) is 5.75 Å². The summed E-state index contributed by atoms with van der Waals surface area (Å²) in [6, 6.07) is 12.2. The minimum Gasteiger partial charge on any atom is -0.423 e. The molecule has 0 radical (unpaired) electrons. The van der Waals surface area contributed by atoms with Crippen LogP contribution in [0.1, 0.15) is 62.9 Å². The number of rotatable bonds is 5. The summed E-state index contributed by atoms with van der Waals surface area (Å²) in [6.07, 6.45) is 3.05. The Hall–Kier alpha value is -3.01. The van der Waals surface area contributed by atoms with Gasteiger partial charge in [-0.15, -0.1) is 0 Å². The van der Waals surface area contributed by atoms with E-state index in [0.717, 1.165) is 30.9 Å². The molecule has 3 rings (SSSR count). The van der Waals surface area contributed by atoms with Crippen molar-refractivity contribution in [1.29, 1.82) is 0 Å². The Labute approximate surface area is 182 Å². The van der Waals surface area contributed by atoms with Crippen molar-refractivity contribution in [3.05, 3.63) is 94.3 Å². The van der Waals surface area contributed by atoms with Crippen molar-refractivity contribution in [2.45, 2.75) is 47.0 Å². The largest absolute Gasteiger partial charge is 0.423 e. The lowest BCUT2D eigenvalue weighted by Gasteiger charge is -2.36. The molecular formula is C27H28F2O2. The predicted octanol–water partition coefficient (Wildman–Crippen LogP) is 7.83. The number of para-hydroxylation sites is 1. The first-order chi connectivity index (χ1) is 14.6. The zero-order valence-corrected chi connectivity index (χ0v) is 18.5. The number of carbonyl (C=O) groups excluding carboxylic acids is 1. The highest BCUT2D eigenvalue weighted by atomic mass is 19.1. The molecule has 0 amide bonds. The van der Waals surface area contributed by atoms with E-state index < -0.39 is 17.6 Å². The Balaban J connectivity index is 1.89. The molecule has 2 aromatic carbocycles. The molecule has 0 bridgehead atoms. The van der Waals surface area contributed by atoms with Gasteiger partial charge in [-0.1, -0.05) is 44.2 Å². The minimum absolute atomic E-state index is 0.0151. The van der Waals surface area contributed by atoms with Gasteiger partial charge in [0, 0.05) is 5.56 Å². The van der Waals surface area contributed by atoms with E-state index >= 15 is 4.39 Å². The van der Waals surface area contributed by atoms with Gasteiger partial charge < -0.3 is 4.74 Å². The van der Waals surface area contributed by atoms with Crippen LogP contribution in [0.15, 0.2) is 77.4 Å². The number of benzene rings is 2. The van der Waals surface area contributed by atoms with Crippen LogP contribution in [0.4, 0.5) is 8.78 Å². The van der Waals surface area contributed by atoms with E-state index in [9.17, 15) is 9.18 Å². The highest BCUT2D eigenvalue weighted by Gasteiger charge is 2.31. The standard InChI is InChI=1S/C27H28F2O2/c1-17-10-9-15-27(4,5)24(17)18(2)19(3)25(29)22-14-13-20(16-23(22)28)26(30)31-21-11-7-6-8-12-21/h6-8,11-14,16H,2,9-10,15H2,1,3-5H3. The number of halogens is 2. The molecule has 0 atom stereocenters. The fourth-order valence-electron chi connectivity index (χ4n) is 4.29. The van der Waals surface area contributed by atoms with Crippen LogP contribution in [-0.4, -0.2) is 5.97 Å². The maximum atomic E-state index is 15.3. The SMILES string of the molecule is C=C(C(C)=C(F)c1ccc(C(=O)Oc2ccccc2)cc1F)C1=C(C)CCCC1(C)C. The first kappa shape index (κ1) is 22.7. The molecule has 0 aromatic heterocycles. The third-order valence-corrected chi connectivity index (χ3v) is 5.94. The van der Waals surface area contributed by atoms with Gasteiger partial charge in [-0.3, -0.25) is 0 Å². The van der Waals surface area contributed by atoms with Crippen molar-refractivity contribution in [2.75, 3.05) is 0 Å². The van der Waals surface area contributed by atoms with E-state index in [1.807, 2.05) is 0 Å². The van der Waals surface area contributed by atoms with E-state index in [1.54, 1.807) is 37.3 Å². The number of ether oxygens (including phenoxy) is 1. The molecule has 0 spiro atoms. The first-order valence-corrected chi connectivity index (χ1v) is 10.4. The van der Waals surface area contributed by atoms with Crippen LogP contribution in [-0.2, 0) is 0 Å². The Kier molecular flexibility index (Phi) is 6.59. The summed E-state index contributed by atoms with van der Waals surface area (Å²) in [5, 5.41) is 0. The second-order valence-corrected chi connectivity index (χ2v) is 8.71. The molecule has 0 unspecified atom stereocenters. The fourth-order valence-corrected chi connectivity index (χ4v) is 4.29. The molecule has 2 nitrogen and oxygen atoms in total. The normalized spacial score (nSPS) is 16.6. The van der Waals surface area contributed by atoms with Crippen LogP contribution < -0.4 is 4.74 Å². The van der Waals surface area contributed by atoms with Gasteiger partial charge in [-0.05, 0) is 85.6 Å². The molecule has 0 heterocycles. The summed E-state index contributed by atoms with van der Waals surface area (Å²) in [5.74, 6) is -1.84. The molecule has 4 heteroatoms. The fraction of sp³-hybridized carbons (Fsp3) is 0.296. The van der Waals surface area contributed by atoms with Crippen molar-refractivity contribution >= 4 is 11.8 Å². The number of esters is 1. The molecule has 0 aliphatic heterocycles. The first-order valence-electron chi connectivity index (χ1n) is 10.4. The zero-order chi connectivity index (χ0) is 22.8. The van der Waals surface area contributed by atoms with Gasteiger partial charge in [-0.2, -0.15) is 0 Å². The van der Waals surface area contributed by atoms with Crippen LogP contribution in [0.5, 0.6) is 5.75 Å². The predicted molar refractivity (Wildman–Crippen MR) is 121 cm³/mol. The second kappa shape index (κ2) is 9.01. The van der Waals surface area contributed by atoms with Crippen LogP contribution in [0, 0.1) is 11.2 Å². The van der Waals surface area contributed by atoms with Crippen LogP contribution in [0.25, 0.3) is 5.83 Å². The highest BCUT2D eigenvalue weighted by molar-refractivity contribution is 5.91. The van der Waals surface area contributed by atoms with Crippen molar-refractivity contribution in [2.24, 2.45) is 5.41 Å². The molecule has 1 aliphatic rings. The maximum absolute atomic E-state index is 15.3. The Bertz CT molecular complexity index is 1080. The number of hydrogen-bond acceptors (Lipinski definition) is 2. The molecule has 2 aromatic rings. The minimum atomic E-state index is -0.819. The molecule has 0 saturated carbocycles. The maximum Gasteiger partial charge on any atom is 0.343 e. The topological polar surface area (TPSA) is 26.3 Å². The summed E-state index contributed by atoms with van der Waals surface area (Å²) < 4.78 is 35.3. The van der Waals surface area contributed by atoms with E-state index in [1.165, 1.54) is 17.7 Å². The molecule has 0 N–H and O–H groups in total. The Morgan fingerprint density at radius 1 is 1.13 bits per heavy atom. The summed E-state index contributed by atoms with van der Waals surface area (Å²) in [4.78, 5) is 12.3. The molecule has 0 saturated heterocycles. The molecular weight excluding hydrogens is 394 g/mol. The number of carbonyl (C=O) groups is 1. The average Bonchev–Trinajstić information content (AvgIpc) is 2.72. The molecule has 0 fully saturated rings. The lowest BCUT2D eigenvalue weighted by molar-refractivity contribution is 0.0734. The van der Waals surface area contributed by atoms with Crippen LogP contribution in [0.2, 0.25) is 0 Å². The van der Waals surface area contributed by atoms with E-state index in [2.05, 4.69) is 27.4 Å². The quantitative estimate of drug-likeness (QED) is 0.279. The van der Waals surface area contributed by atoms with Gasteiger partial charge in [0.05, 0.1) is 5.56 Å². The van der Waals surface area contributed by atoms with Gasteiger partial charge in [0.1, 0.15) is 17.4 Å². The Morgan fingerprint density at radius 2 is 1.81 bits per heavy atom. The van der Waals surface area contributed by atoms with Crippen LogP contribution in [0.3, 0.4) is 0 Å². The van der Waals surface area contributed by atoms with Gasteiger partial charge in [-0.25, -0.2) is 13.6 Å². The van der Waals surface area contributed by atoms with Gasteiger partial charge >= 0.3 is 5.97 Å². The third-order valence-electron chi connectivity index (χ3n) is 5.94. The smallest absolute Gasteiger partial charge is 0.343 e. The zero-order valence-electron chi connectivity index (χ0n) is 18.5. The summed E-state index contributed by atoms with van der Waals surface area (Å²) in [7, 11) is 0.